The molecule has 3 aromatic rings. The third-order valence-corrected chi connectivity index (χ3v) is 17.9. The number of hydrogen-bond donors (Lipinski definition) is 24. The minimum atomic E-state index is -2.31. The highest BCUT2D eigenvalue weighted by Gasteiger charge is 2.55. The van der Waals surface area contributed by atoms with Gasteiger partial charge in [0.15, 0.2) is 30.4 Å². The Balaban J connectivity index is 0.994. The van der Waals surface area contributed by atoms with Crippen LogP contribution < -0.4 is 72.7 Å². The Labute approximate surface area is 567 Å². The van der Waals surface area contributed by atoms with Crippen molar-refractivity contribution in [3.05, 3.63) is 89.7 Å². The van der Waals surface area contributed by atoms with E-state index >= 15 is 9.59 Å². The molecule has 550 valence electrons. The quantitative estimate of drug-likeness (QED) is 0.0467. The second-order valence-corrected chi connectivity index (χ2v) is 24.6. The summed E-state index contributed by atoms with van der Waals surface area (Å²) in [4.78, 5) is 69.1. The van der Waals surface area contributed by atoms with Crippen LogP contribution in [0.4, 0.5) is 4.39 Å². The summed E-state index contributed by atoms with van der Waals surface area (Å²) in [6, 6.07) is 4.51. The maximum atomic E-state index is 15.2. The number of hydrogen-bond acceptors (Lipinski definition) is 30. The van der Waals surface area contributed by atoms with Crippen molar-refractivity contribution in [1.29, 1.82) is 0 Å². The average molecular weight is 1420 g/mol. The van der Waals surface area contributed by atoms with Crippen molar-refractivity contribution >= 4 is 47.3 Å². The molecule has 0 aromatic heterocycles. The number of amides is 4. The second kappa shape index (κ2) is 33.4. The number of nitrogens with one attached hydrogen (secondary N) is 8. The van der Waals surface area contributed by atoms with E-state index in [-0.39, 0.29) is 41.3 Å². The van der Waals surface area contributed by atoms with E-state index in [1.54, 1.807) is 37.3 Å². The highest BCUT2D eigenvalue weighted by molar-refractivity contribution is 5.97. The number of aliphatic hydroxyl groups excluding tert-OH is 14. The Morgan fingerprint density at radius 3 is 1.96 bits per heavy atom. The Morgan fingerprint density at radius 1 is 0.690 bits per heavy atom. The van der Waals surface area contributed by atoms with Gasteiger partial charge in [0.25, 0.3) is 0 Å². The van der Waals surface area contributed by atoms with Gasteiger partial charge in [0, 0.05) is 24.3 Å². The SMILES string of the molecule is COc1ccc(OC[C@@H]2O[C@@H](O[C@H]3[C@@H](O)[C@@H](O)[C@@H](Oc4ccc(C[C@H]5NC(=O)[C@@H]([C@H](C)c6ccccc6)N=C([O-])C[NH+]=C(O)C(CO)NC(=O)[C@@H]([C@H](O)[C@@H]6CNC(N)=[N+]6[C@@H]6O[C@@H](CO)[C@H](O)[C@H](O)[C@@H]6O)NC(=O)[C@H]([C@H](O)[C@@H]6C[NH+]=C(N)N6)NC5=O)cc4)O[C@@H]3CO)[C@@H](O)[C@@H](O)[C@H]2O)cc1F. The Kier molecular flexibility index (Phi) is 25.4. The van der Waals surface area contributed by atoms with E-state index in [0.717, 1.165) is 10.6 Å². The fourth-order valence-corrected chi connectivity index (χ4v) is 12.2. The zero-order chi connectivity index (χ0) is 72.5. The number of guanidine groups is 2. The van der Waals surface area contributed by atoms with Crippen LogP contribution in [0.25, 0.3) is 0 Å². The number of benzene rings is 3. The summed E-state index contributed by atoms with van der Waals surface area (Å²) in [5.74, 6) is -9.53. The molecule has 6 heterocycles. The Morgan fingerprint density at radius 2 is 1.31 bits per heavy atom. The molecule has 100 heavy (non-hydrogen) atoms. The van der Waals surface area contributed by atoms with Gasteiger partial charge < -0.3 is 131 Å². The first-order valence-electron chi connectivity index (χ1n) is 31.7. The number of rotatable bonds is 20. The molecule has 6 aliphatic rings. The fourth-order valence-electron chi connectivity index (χ4n) is 12.2. The molecule has 3 fully saturated rings. The lowest BCUT2D eigenvalue weighted by atomic mass is 9.92. The normalized spacial score (nSPS) is 35.1. The van der Waals surface area contributed by atoms with E-state index in [9.17, 15) is 90.6 Å². The van der Waals surface area contributed by atoms with Crippen LogP contribution in [0.15, 0.2) is 77.8 Å². The van der Waals surface area contributed by atoms with Gasteiger partial charge in [0.1, 0.15) is 146 Å². The molecule has 9 rings (SSSR count). The maximum absolute atomic E-state index is 15.2. The number of nitrogens with two attached hydrogens (primary N) is 2. The van der Waals surface area contributed by atoms with Gasteiger partial charge in [-0.2, -0.15) is 0 Å². The van der Waals surface area contributed by atoms with Crippen LogP contribution in [-0.2, 0) is 44.5 Å². The Bertz CT molecular complexity index is 3440. The van der Waals surface area contributed by atoms with Crippen LogP contribution in [0, 0.1) is 5.82 Å². The summed E-state index contributed by atoms with van der Waals surface area (Å²) in [6.07, 6.45) is -32.0. The summed E-state index contributed by atoms with van der Waals surface area (Å²) in [6.45, 7) is -3.42. The summed E-state index contributed by atoms with van der Waals surface area (Å²) >= 11 is 0. The van der Waals surface area contributed by atoms with Crippen molar-refractivity contribution in [3.63, 3.8) is 0 Å². The van der Waals surface area contributed by atoms with Crippen LogP contribution in [0.5, 0.6) is 17.2 Å². The number of nitrogens with zero attached hydrogens (tertiary/aromatic N) is 2. The number of carbonyl (C=O) groups is 4. The predicted octanol–water partition coefficient (Wildman–Crippen LogP) is -15.4. The summed E-state index contributed by atoms with van der Waals surface area (Å²) < 4.78 is 54.8. The van der Waals surface area contributed by atoms with E-state index in [1.807, 2.05) is 0 Å². The van der Waals surface area contributed by atoms with Gasteiger partial charge in [0.05, 0.1) is 33.5 Å². The lowest BCUT2D eigenvalue weighted by molar-refractivity contribution is -0.663. The smallest absolute Gasteiger partial charge is 0.358 e. The number of halogens is 1. The van der Waals surface area contributed by atoms with Crippen molar-refractivity contribution in [2.45, 2.75) is 166 Å². The molecule has 0 bridgehead atoms. The van der Waals surface area contributed by atoms with Crippen molar-refractivity contribution in [2.75, 3.05) is 53.2 Å². The van der Waals surface area contributed by atoms with Gasteiger partial charge in [-0.15, -0.1) is 0 Å². The lowest BCUT2D eigenvalue weighted by Crippen LogP contribution is -2.80. The number of methoxy groups -OCH3 is 1. The molecule has 39 heteroatoms. The minimum absolute atomic E-state index is 0.0274. The Hall–Kier alpha value is -8.33. The topological polar surface area (TPSA) is 607 Å². The molecule has 0 saturated carbocycles. The lowest BCUT2D eigenvalue weighted by Gasteiger charge is -2.46. The standard InChI is InChI=1S/C61H83FN12O26/c1-23(25-6-4-3-5-7-25)38-54(91)68-29(14-24-8-10-26(11-9-24)96-58-50(88)47(85)51(35(21-77)98-58)100-59-49(87)46(84)44(82)36(99-59)22-95-27-12-13-33(94-2)28(62)15-27)53(90)72-39(41(79)30-16-66-60(63)70-30)56(93)73-40(55(92)69-31(19-75)52(89)65-18-37(78)71-38)42(80)32-17-67-61(64)74(32)57-48(86)45(83)43(81)34(20-76)97-57/h3-13,15,23,29-32,34-36,38-51,57-59,75-77,79-88H,14,16-22H2,1-2H3,(H11,63,64,65,66,67,68,69,70,71,72,73,78,89,90,91,92,93)/p+2/t23-,29-,30+,31?,32+,34+,35-,36+,38-,39+,40-,41-,42-,43+,44+,45+,46+,47+,48+,49+,50-,51-,57-,58+,59+/m1/s1. The highest BCUT2D eigenvalue weighted by atomic mass is 19.1. The zero-order valence-electron chi connectivity index (χ0n) is 53.6. The van der Waals surface area contributed by atoms with Crippen LogP contribution in [0.3, 0.4) is 0 Å². The van der Waals surface area contributed by atoms with Crippen LogP contribution in [0.1, 0.15) is 24.0 Å². The van der Waals surface area contributed by atoms with Crippen molar-refractivity contribution in [3.8, 4) is 17.2 Å². The molecule has 1 unspecified atom stereocenters. The number of aliphatic hydroxyl groups is 14. The minimum Gasteiger partial charge on any atom is -0.858 e. The van der Waals surface area contributed by atoms with E-state index in [4.69, 9.17) is 44.6 Å². The van der Waals surface area contributed by atoms with E-state index < -0.39 is 240 Å². The summed E-state index contributed by atoms with van der Waals surface area (Å²) in [5, 5.41) is 184. The van der Waals surface area contributed by atoms with Crippen molar-refractivity contribution in [1.82, 2.24) is 31.9 Å². The molecule has 0 aliphatic carbocycles. The van der Waals surface area contributed by atoms with Crippen molar-refractivity contribution < 1.29 is 148 Å². The molecule has 25 atom stereocenters. The molecule has 0 radical (unpaired) electrons. The molecule has 3 aromatic carbocycles. The maximum Gasteiger partial charge on any atom is 0.358 e. The highest BCUT2D eigenvalue weighted by Crippen LogP contribution is 2.33. The monoisotopic (exact) mass is 1420 g/mol. The van der Waals surface area contributed by atoms with Gasteiger partial charge >= 0.3 is 17.8 Å². The van der Waals surface area contributed by atoms with E-state index in [0.29, 0.717) is 5.56 Å². The zero-order valence-corrected chi connectivity index (χ0v) is 53.6. The van der Waals surface area contributed by atoms with Gasteiger partial charge in [-0.05, 0) is 35.4 Å². The van der Waals surface area contributed by atoms with Gasteiger partial charge in [-0.1, -0.05) is 49.4 Å². The van der Waals surface area contributed by atoms with Crippen LogP contribution in [0.2, 0.25) is 0 Å². The van der Waals surface area contributed by atoms with Gasteiger partial charge in [-0.25, -0.2) is 14.0 Å². The van der Waals surface area contributed by atoms with Crippen molar-refractivity contribution in [2.24, 2.45) is 16.5 Å². The third-order valence-electron chi connectivity index (χ3n) is 17.9. The molecule has 0 spiro atoms. The van der Waals surface area contributed by atoms with Gasteiger partial charge in [-0.3, -0.25) is 51.3 Å². The first-order chi connectivity index (χ1) is 47.7. The number of aliphatic imine (C=N–C) groups is 1. The van der Waals surface area contributed by atoms with E-state index in [1.165, 1.54) is 43.5 Å². The van der Waals surface area contributed by atoms with E-state index in [2.05, 4.69) is 46.9 Å². The third kappa shape index (κ3) is 17.2. The predicted molar refractivity (Wildman–Crippen MR) is 332 cm³/mol. The fraction of sp³-hybridized carbons (Fsp3) is 0.574. The number of ether oxygens (including phenoxy) is 7. The molecule has 26 N–H and O–H groups in total. The molecular weight excluding hydrogens is 1340 g/mol. The first-order valence-corrected chi connectivity index (χ1v) is 31.7. The molecular formula is C61H85FN12O26+2. The largest absolute Gasteiger partial charge is 0.858 e. The first kappa shape index (κ1) is 75.9. The number of carbonyl (C=O) groups excluding carboxylic acids is 4. The van der Waals surface area contributed by atoms with Gasteiger partial charge in [0.2, 0.25) is 36.1 Å². The summed E-state index contributed by atoms with van der Waals surface area (Å²) in [7, 11) is 1.26. The summed E-state index contributed by atoms with van der Waals surface area (Å²) in [5.41, 5.74) is 12.9. The average Bonchev–Trinajstić information content (AvgIpc) is 1.46. The molecule has 4 amide bonds. The van der Waals surface area contributed by atoms with Crippen LogP contribution in [-0.4, -0.2) is 323 Å². The second-order valence-electron chi connectivity index (χ2n) is 24.6. The molecule has 3 saturated heterocycles. The van der Waals surface area contributed by atoms with Crippen LogP contribution >= 0.6 is 0 Å². The molecule has 38 nitrogen and oxygen atoms in total. The molecule has 6 aliphatic heterocycles.